The molecule has 0 aliphatic rings. The van der Waals surface area contributed by atoms with Crippen LogP contribution < -0.4 is 5.32 Å². The number of carbonyl (C=O) groups is 1. The molecule has 2 aromatic rings. The smallest absolute Gasteiger partial charge is 0.253 e. The molecule has 2 atom stereocenters. The molecule has 1 amide bonds. The Kier molecular flexibility index (Phi) is 5.39. The van der Waals surface area contributed by atoms with Crippen LogP contribution in [0.25, 0.3) is 0 Å². The number of aliphatic hydroxyl groups is 1. The van der Waals surface area contributed by atoms with Crippen molar-refractivity contribution in [3.63, 3.8) is 0 Å². The molecule has 2 unspecified atom stereocenters. The Bertz CT molecular complexity index is 716. The summed E-state index contributed by atoms with van der Waals surface area (Å²) >= 11 is 6.13. The number of benzene rings is 2. The zero-order valence-electron chi connectivity index (χ0n) is 13.2. The molecule has 23 heavy (non-hydrogen) atoms. The van der Waals surface area contributed by atoms with Crippen LogP contribution >= 0.6 is 11.6 Å². The molecule has 0 saturated carbocycles. The summed E-state index contributed by atoms with van der Waals surface area (Å²) in [4.78, 5) is 12.4. The highest BCUT2D eigenvalue weighted by Crippen LogP contribution is 2.22. The predicted octanol–water partition coefficient (Wildman–Crippen LogP) is 3.95. The van der Waals surface area contributed by atoms with Gasteiger partial charge in [-0.15, -0.1) is 0 Å². The van der Waals surface area contributed by atoms with Gasteiger partial charge in [-0.1, -0.05) is 23.7 Å². The number of hydrogen-bond acceptors (Lipinski definition) is 2. The van der Waals surface area contributed by atoms with E-state index in [1.807, 2.05) is 13.8 Å². The molecule has 0 fully saturated rings. The van der Waals surface area contributed by atoms with Gasteiger partial charge in [-0.3, -0.25) is 4.79 Å². The maximum absolute atomic E-state index is 12.9. The number of nitrogens with one attached hydrogen (secondary N) is 1. The summed E-state index contributed by atoms with van der Waals surface area (Å²) in [6.45, 7) is 5.50. The van der Waals surface area contributed by atoms with E-state index in [9.17, 15) is 14.3 Å². The van der Waals surface area contributed by atoms with E-state index in [1.54, 1.807) is 19.1 Å². The van der Waals surface area contributed by atoms with Crippen LogP contribution in [0.4, 0.5) is 4.39 Å². The maximum Gasteiger partial charge on any atom is 0.253 e. The number of carbonyl (C=O) groups excluding carboxylic acids is 1. The first-order valence-corrected chi connectivity index (χ1v) is 7.68. The number of aryl methyl sites for hydroxylation is 2. The zero-order valence-corrected chi connectivity index (χ0v) is 14.0. The molecule has 5 heteroatoms. The predicted molar refractivity (Wildman–Crippen MR) is 89.2 cm³/mol. The summed E-state index contributed by atoms with van der Waals surface area (Å²) in [6, 6.07) is 8.44. The zero-order chi connectivity index (χ0) is 17.1. The van der Waals surface area contributed by atoms with Crippen molar-refractivity contribution in [1.29, 1.82) is 0 Å². The molecule has 0 aromatic heterocycles. The molecular weight excluding hydrogens is 317 g/mol. The van der Waals surface area contributed by atoms with Gasteiger partial charge in [0.25, 0.3) is 5.91 Å². The summed E-state index contributed by atoms with van der Waals surface area (Å²) < 4.78 is 12.9. The molecule has 0 spiro atoms. The minimum absolute atomic E-state index is 0.355. The van der Waals surface area contributed by atoms with Gasteiger partial charge in [0.1, 0.15) is 5.82 Å². The second kappa shape index (κ2) is 7.11. The van der Waals surface area contributed by atoms with Gasteiger partial charge in [0.05, 0.1) is 22.7 Å². The van der Waals surface area contributed by atoms with Gasteiger partial charge in [0, 0.05) is 0 Å². The van der Waals surface area contributed by atoms with E-state index in [0.717, 1.165) is 11.1 Å². The third-order valence-corrected chi connectivity index (χ3v) is 4.18. The summed E-state index contributed by atoms with van der Waals surface area (Å²) in [7, 11) is 0. The molecule has 3 nitrogen and oxygen atoms in total. The molecule has 2 aromatic carbocycles. The average molecular weight is 336 g/mol. The van der Waals surface area contributed by atoms with Crippen molar-refractivity contribution >= 4 is 17.5 Å². The van der Waals surface area contributed by atoms with E-state index in [1.165, 1.54) is 24.3 Å². The summed E-state index contributed by atoms with van der Waals surface area (Å²) in [6.07, 6.45) is -0.940. The normalized spacial score (nSPS) is 13.5. The minimum atomic E-state index is -0.940. The molecule has 2 N–H and O–H groups in total. The molecule has 2 rings (SSSR count). The van der Waals surface area contributed by atoms with Crippen LogP contribution in [0, 0.1) is 19.7 Å². The van der Waals surface area contributed by atoms with Crippen LogP contribution in [0.3, 0.4) is 0 Å². The van der Waals surface area contributed by atoms with Gasteiger partial charge in [-0.25, -0.2) is 4.39 Å². The van der Waals surface area contributed by atoms with Crippen molar-refractivity contribution < 1.29 is 14.3 Å². The molecule has 0 aliphatic heterocycles. The molecule has 0 aliphatic carbocycles. The Morgan fingerprint density at radius 2 is 1.74 bits per heavy atom. The lowest BCUT2D eigenvalue weighted by Gasteiger charge is -2.21. The van der Waals surface area contributed by atoms with Crippen molar-refractivity contribution in [2.45, 2.75) is 32.9 Å². The van der Waals surface area contributed by atoms with E-state index in [0.29, 0.717) is 16.1 Å². The Morgan fingerprint density at radius 3 is 2.35 bits per heavy atom. The quantitative estimate of drug-likeness (QED) is 0.889. The summed E-state index contributed by atoms with van der Waals surface area (Å²) in [5.41, 5.74) is 2.87. The lowest BCUT2D eigenvalue weighted by Crippen LogP contribution is -2.37. The van der Waals surface area contributed by atoms with Crippen molar-refractivity contribution in [2.75, 3.05) is 0 Å². The molecule has 0 saturated heterocycles. The maximum atomic E-state index is 12.9. The SMILES string of the molecule is Cc1cc(Cl)c(C(=O)NC(C)C(O)c2ccc(F)cc2)cc1C. The van der Waals surface area contributed by atoms with Crippen molar-refractivity contribution in [1.82, 2.24) is 5.32 Å². The third-order valence-electron chi connectivity index (χ3n) is 3.87. The monoisotopic (exact) mass is 335 g/mol. The third kappa shape index (κ3) is 4.09. The first-order chi connectivity index (χ1) is 10.8. The van der Waals surface area contributed by atoms with E-state index in [2.05, 4.69) is 5.32 Å². The van der Waals surface area contributed by atoms with Crippen LogP contribution in [-0.4, -0.2) is 17.1 Å². The number of amides is 1. The first-order valence-electron chi connectivity index (χ1n) is 7.30. The summed E-state index contributed by atoms with van der Waals surface area (Å²) in [5.74, 6) is -0.730. The second-order valence-electron chi connectivity index (χ2n) is 5.67. The molecule has 122 valence electrons. The van der Waals surface area contributed by atoms with Crippen molar-refractivity contribution in [2.24, 2.45) is 0 Å². The van der Waals surface area contributed by atoms with E-state index >= 15 is 0 Å². The van der Waals surface area contributed by atoms with Crippen LogP contribution in [0.15, 0.2) is 36.4 Å². The standard InChI is InChI=1S/C18H19ClFNO2/c1-10-8-15(16(19)9-11(10)2)18(23)21-12(3)17(22)13-4-6-14(20)7-5-13/h4-9,12,17,22H,1-3H3,(H,21,23). The van der Waals surface area contributed by atoms with Gasteiger partial charge in [0.2, 0.25) is 0 Å². The molecule has 0 radical (unpaired) electrons. The van der Waals surface area contributed by atoms with E-state index in [4.69, 9.17) is 11.6 Å². The summed E-state index contributed by atoms with van der Waals surface area (Å²) in [5, 5.41) is 13.4. The average Bonchev–Trinajstić information content (AvgIpc) is 2.50. The van der Waals surface area contributed by atoms with Crippen LogP contribution in [0.2, 0.25) is 5.02 Å². The van der Waals surface area contributed by atoms with E-state index in [-0.39, 0.29) is 11.7 Å². The number of rotatable bonds is 4. The minimum Gasteiger partial charge on any atom is -0.386 e. The van der Waals surface area contributed by atoms with Crippen LogP contribution in [0.5, 0.6) is 0 Å². The highest BCUT2D eigenvalue weighted by molar-refractivity contribution is 6.34. The Hall–Kier alpha value is -1.91. The Morgan fingerprint density at radius 1 is 1.17 bits per heavy atom. The Labute approximate surface area is 140 Å². The van der Waals surface area contributed by atoms with Crippen molar-refractivity contribution in [3.8, 4) is 0 Å². The van der Waals surface area contributed by atoms with Gasteiger partial charge in [-0.2, -0.15) is 0 Å². The highest BCUT2D eigenvalue weighted by Gasteiger charge is 2.20. The van der Waals surface area contributed by atoms with Gasteiger partial charge >= 0.3 is 0 Å². The fourth-order valence-corrected chi connectivity index (χ4v) is 2.57. The van der Waals surface area contributed by atoms with Crippen LogP contribution in [0.1, 0.15) is 40.1 Å². The molecule has 0 bridgehead atoms. The lowest BCUT2D eigenvalue weighted by molar-refractivity contribution is 0.0852. The van der Waals surface area contributed by atoms with Crippen molar-refractivity contribution in [3.05, 3.63) is 69.5 Å². The fourth-order valence-electron chi connectivity index (χ4n) is 2.27. The molecular formula is C18H19ClFNO2. The van der Waals surface area contributed by atoms with Gasteiger partial charge in [0.15, 0.2) is 0 Å². The highest BCUT2D eigenvalue weighted by atomic mass is 35.5. The Balaban J connectivity index is 2.13. The number of aliphatic hydroxyl groups excluding tert-OH is 1. The lowest BCUT2D eigenvalue weighted by atomic mass is 10.0. The number of halogens is 2. The van der Waals surface area contributed by atoms with Crippen LogP contribution in [-0.2, 0) is 0 Å². The first kappa shape index (κ1) is 17.4. The largest absolute Gasteiger partial charge is 0.386 e. The molecule has 0 heterocycles. The fraction of sp³-hybridized carbons (Fsp3) is 0.278. The van der Waals surface area contributed by atoms with Gasteiger partial charge in [-0.05, 0) is 61.7 Å². The number of hydrogen-bond donors (Lipinski definition) is 2. The van der Waals surface area contributed by atoms with Gasteiger partial charge < -0.3 is 10.4 Å². The second-order valence-corrected chi connectivity index (χ2v) is 6.08. The topological polar surface area (TPSA) is 49.3 Å². The van der Waals surface area contributed by atoms with E-state index < -0.39 is 12.1 Å².